The Kier molecular flexibility index (Phi) is 11.2. The van der Waals surface area contributed by atoms with E-state index in [4.69, 9.17) is 9.47 Å². The number of nitrogens with zero attached hydrogens (tertiary/aromatic N) is 3. The molecule has 0 fully saturated rings. The van der Waals surface area contributed by atoms with E-state index in [0.29, 0.717) is 18.6 Å². The number of amides is 1. The zero-order valence-corrected chi connectivity index (χ0v) is 26.3. The van der Waals surface area contributed by atoms with Crippen LogP contribution >= 0.6 is 0 Å². The molecule has 1 aromatic heterocycles. The Hall–Kier alpha value is -4.99. The van der Waals surface area contributed by atoms with Crippen molar-refractivity contribution in [3.63, 3.8) is 0 Å². The van der Waals surface area contributed by atoms with Crippen LogP contribution in [-0.2, 0) is 39.2 Å². The van der Waals surface area contributed by atoms with Crippen LogP contribution in [0, 0.1) is 0 Å². The summed E-state index contributed by atoms with van der Waals surface area (Å²) in [4.78, 5) is 33.2. The van der Waals surface area contributed by atoms with Crippen LogP contribution in [0.2, 0.25) is 0 Å². The summed E-state index contributed by atoms with van der Waals surface area (Å²) < 4.78 is 132. The third-order valence-corrected chi connectivity index (χ3v) is 7.83. The molecule has 1 aliphatic heterocycles. The Labute approximate surface area is 278 Å². The lowest BCUT2D eigenvalue weighted by atomic mass is 9.89. The number of fused-ring (bicyclic) bond motifs is 1. The van der Waals surface area contributed by atoms with Gasteiger partial charge in [-0.3, -0.25) is 4.90 Å². The van der Waals surface area contributed by atoms with Gasteiger partial charge in [-0.25, -0.2) is 19.6 Å². The van der Waals surface area contributed by atoms with E-state index in [2.05, 4.69) is 15.3 Å². The first-order chi connectivity index (χ1) is 23.3. The van der Waals surface area contributed by atoms with E-state index >= 15 is 0 Å². The number of halogens is 9. The molecule has 0 radical (unpaired) electrons. The van der Waals surface area contributed by atoms with Crippen molar-refractivity contribution in [3.8, 4) is 5.75 Å². The van der Waals surface area contributed by atoms with Gasteiger partial charge < -0.3 is 19.9 Å². The maximum absolute atomic E-state index is 13.8. The molecule has 0 aliphatic carbocycles. The molecule has 270 valence electrons. The number of carbonyl (C=O) groups is 1. The van der Waals surface area contributed by atoms with E-state index in [1.807, 2.05) is 0 Å². The molecular weight excluding hydrogens is 691 g/mol. The first-order valence-corrected chi connectivity index (χ1v) is 14.9. The maximum Gasteiger partial charge on any atom is 0.416 e. The summed E-state index contributed by atoms with van der Waals surface area (Å²) in [5.74, 6) is 0.633. The molecule has 4 rings (SSSR count). The fourth-order valence-corrected chi connectivity index (χ4v) is 5.40. The largest absolute Gasteiger partial charge is 0.504 e. The van der Waals surface area contributed by atoms with Gasteiger partial charge in [-0.15, -0.1) is 0 Å². The number of aromatic nitrogens is 2. The molecule has 2 heterocycles. The van der Waals surface area contributed by atoms with Crippen LogP contribution in [0.4, 0.5) is 55.9 Å². The van der Waals surface area contributed by atoms with Crippen LogP contribution in [0.1, 0.15) is 72.2 Å². The highest BCUT2D eigenvalue weighted by Gasteiger charge is 2.40. The van der Waals surface area contributed by atoms with Gasteiger partial charge in [-0.2, -0.15) is 39.5 Å². The summed E-state index contributed by atoms with van der Waals surface area (Å²) >= 11 is 0. The minimum Gasteiger partial charge on any atom is -0.504 e. The monoisotopic (exact) mass is 720 g/mol. The lowest BCUT2D eigenvalue weighted by Crippen LogP contribution is -2.46. The molecule has 0 bridgehead atoms. The normalized spacial score (nSPS) is 16.3. The van der Waals surface area contributed by atoms with Crippen molar-refractivity contribution in [2.45, 2.75) is 69.6 Å². The number of ether oxygens (including phenoxy) is 2. The Balaban J connectivity index is 1.67. The number of allylic oxidation sites excluding steroid dienone is 1. The minimum atomic E-state index is -5.11. The first-order valence-electron chi connectivity index (χ1n) is 14.9. The Morgan fingerprint density at radius 2 is 1.64 bits per heavy atom. The predicted octanol–water partition coefficient (Wildman–Crippen LogP) is 8.25. The smallest absolute Gasteiger partial charge is 0.416 e. The summed E-state index contributed by atoms with van der Waals surface area (Å²) in [6.07, 6.45) is -15.1. The van der Waals surface area contributed by atoms with Crippen LogP contribution in [0.5, 0.6) is 5.75 Å². The van der Waals surface area contributed by atoms with Gasteiger partial charge in [-0.05, 0) is 66.8 Å². The summed E-state index contributed by atoms with van der Waals surface area (Å²) in [6.45, 7) is 1.56. The average molecular weight is 721 g/mol. The molecular formula is C32H29F9N4O5. The number of hydrogen-bond acceptors (Lipinski definition) is 8. The van der Waals surface area contributed by atoms with Gasteiger partial charge >= 0.3 is 24.6 Å². The Morgan fingerprint density at radius 3 is 2.20 bits per heavy atom. The second-order valence-electron chi connectivity index (χ2n) is 11.2. The number of nitrogens with one attached hydrogen (secondary N) is 1. The standard InChI is InChI=1S/C32H29F9N4O5/c1-3-21-14-24(23-13-18(30(33,34)35)6-7-26(23)45(21)29(48)50-8-4-5-22(16-46)49-2)43-28-42-15-27(47)25(44-28)11-17-9-19(31(36,37)38)12-20(10-17)32(39,40)41/h6-7,9-10,12-13,15,21,24,47H,3-5,8,11,14H2,1-2H3,(H,42,43,44)/t21-,24+/m1/s1. The molecule has 18 heteroatoms. The van der Waals surface area contributed by atoms with Crippen molar-refractivity contribution in [1.82, 2.24) is 9.97 Å². The molecule has 0 saturated heterocycles. The van der Waals surface area contributed by atoms with Gasteiger partial charge in [0.05, 0.1) is 54.0 Å². The average Bonchev–Trinajstić information content (AvgIpc) is 3.04. The zero-order valence-electron chi connectivity index (χ0n) is 26.3. The zero-order chi connectivity index (χ0) is 37.0. The number of hydrogen-bond donors (Lipinski definition) is 2. The highest BCUT2D eigenvalue weighted by atomic mass is 19.4. The lowest BCUT2D eigenvalue weighted by Gasteiger charge is -2.40. The molecule has 2 N–H and O–H groups in total. The summed E-state index contributed by atoms with van der Waals surface area (Å²) in [5, 5.41) is 13.2. The molecule has 1 aliphatic rings. The van der Waals surface area contributed by atoms with Crippen molar-refractivity contribution in [3.05, 3.63) is 81.9 Å². The fourth-order valence-electron chi connectivity index (χ4n) is 5.40. The number of rotatable bonds is 10. The van der Waals surface area contributed by atoms with Crippen molar-refractivity contribution in [1.29, 1.82) is 0 Å². The quantitative estimate of drug-likeness (QED) is 0.0932. The molecule has 0 unspecified atom stereocenters. The topological polar surface area (TPSA) is 114 Å². The second-order valence-corrected chi connectivity index (χ2v) is 11.2. The maximum atomic E-state index is 13.8. The molecule has 2 atom stereocenters. The minimum absolute atomic E-state index is 0.00453. The fraction of sp³-hybridized carbons (Fsp3) is 0.406. The molecule has 50 heavy (non-hydrogen) atoms. The molecule has 1 amide bonds. The van der Waals surface area contributed by atoms with Crippen molar-refractivity contribution >= 4 is 23.7 Å². The number of benzene rings is 2. The predicted molar refractivity (Wildman–Crippen MR) is 159 cm³/mol. The van der Waals surface area contributed by atoms with Crippen LogP contribution in [0.25, 0.3) is 0 Å². The van der Waals surface area contributed by atoms with Gasteiger partial charge in [0.25, 0.3) is 0 Å². The third kappa shape index (κ3) is 8.97. The molecule has 3 aromatic rings. The van der Waals surface area contributed by atoms with Gasteiger partial charge in [-0.1, -0.05) is 6.92 Å². The van der Waals surface area contributed by atoms with Crippen LogP contribution in [0.15, 0.2) is 48.4 Å². The van der Waals surface area contributed by atoms with E-state index in [1.54, 1.807) is 12.9 Å². The molecule has 0 spiro atoms. The van der Waals surface area contributed by atoms with Crippen LogP contribution in [-0.4, -0.2) is 46.9 Å². The Bertz CT molecular complexity index is 1720. The third-order valence-electron chi connectivity index (χ3n) is 7.83. The number of methoxy groups -OCH3 is 1. The summed E-state index contributed by atoms with van der Waals surface area (Å²) in [7, 11) is 1.27. The lowest BCUT2D eigenvalue weighted by molar-refractivity contribution is -0.143. The number of alkyl halides is 9. The highest BCUT2D eigenvalue weighted by Crippen LogP contribution is 2.43. The molecule has 2 aromatic carbocycles. The van der Waals surface area contributed by atoms with Crippen molar-refractivity contribution in [2.24, 2.45) is 0 Å². The van der Waals surface area contributed by atoms with Crippen molar-refractivity contribution < 1.29 is 63.7 Å². The van der Waals surface area contributed by atoms with Gasteiger partial charge in [0.1, 0.15) is 0 Å². The van der Waals surface area contributed by atoms with E-state index in [0.717, 1.165) is 24.4 Å². The van der Waals surface area contributed by atoms with E-state index < -0.39 is 71.1 Å². The van der Waals surface area contributed by atoms with E-state index in [1.165, 1.54) is 12.0 Å². The summed E-state index contributed by atoms with van der Waals surface area (Å²) in [6, 6.07) is 1.99. The number of aromatic hydroxyl groups is 1. The first kappa shape index (κ1) is 37.8. The molecule has 9 nitrogen and oxygen atoms in total. The van der Waals surface area contributed by atoms with Gasteiger partial charge in [0.15, 0.2) is 17.5 Å². The van der Waals surface area contributed by atoms with Crippen LogP contribution < -0.4 is 10.2 Å². The van der Waals surface area contributed by atoms with Gasteiger partial charge in [0, 0.05) is 18.9 Å². The SMILES string of the molecule is CC[C@@H]1C[C@H](Nc2ncc(O)c(Cc3cc(C(F)(F)F)cc(C(F)(F)F)c3)n2)c2cc(C(F)(F)F)ccc2N1C(=O)OCCCC(=C=O)OC. The Morgan fingerprint density at radius 1 is 1.00 bits per heavy atom. The van der Waals surface area contributed by atoms with Gasteiger partial charge in [0.2, 0.25) is 5.95 Å². The number of anilines is 2. The highest BCUT2D eigenvalue weighted by molar-refractivity contribution is 5.90. The number of carbonyl (C=O) groups excluding carboxylic acids is 2. The van der Waals surface area contributed by atoms with E-state index in [-0.39, 0.29) is 60.6 Å². The second kappa shape index (κ2) is 14.9. The summed E-state index contributed by atoms with van der Waals surface area (Å²) in [5.41, 5.74) is -4.99. The van der Waals surface area contributed by atoms with Crippen LogP contribution in [0.3, 0.4) is 0 Å². The van der Waals surface area contributed by atoms with E-state index in [9.17, 15) is 54.2 Å². The molecule has 0 saturated carbocycles. The van der Waals surface area contributed by atoms with Crippen molar-refractivity contribution in [2.75, 3.05) is 23.9 Å².